The number of carbonyl (C=O) groups is 1. The largest absolute Gasteiger partial charge is 0.459 e. The first-order chi connectivity index (χ1) is 16.8. The second-order valence-electron chi connectivity index (χ2n) is 9.15. The van der Waals surface area contributed by atoms with E-state index in [2.05, 4.69) is 21.9 Å². The van der Waals surface area contributed by atoms with Gasteiger partial charge < -0.3 is 19.7 Å². The molecule has 0 radical (unpaired) electrons. The first kappa shape index (κ1) is 27.0. The molecule has 2 aromatic rings. The van der Waals surface area contributed by atoms with Crippen LogP contribution in [0.4, 0.5) is 4.39 Å². The lowest BCUT2D eigenvalue weighted by atomic mass is 9.94. The van der Waals surface area contributed by atoms with Crippen LogP contribution < -0.4 is 0 Å². The van der Waals surface area contributed by atoms with Crippen LogP contribution in [0.3, 0.4) is 0 Å². The molecule has 1 fully saturated rings. The summed E-state index contributed by atoms with van der Waals surface area (Å²) in [6, 6.07) is 0. The summed E-state index contributed by atoms with van der Waals surface area (Å²) in [5.74, 6) is -1.50. The van der Waals surface area contributed by atoms with Gasteiger partial charge in [-0.3, -0.25) is 9.36 Å². The normalized spacial score (nSPS) is 26.2. The number of halogens is 1. The monoisotopic (exact) mass is 490 g/mol. The molecule has 0 amide bonds. The number of alkyl halides is 1. The van der Waals surface area contributed by atoms with Gasteiger partial charge in [0.25, 0.3) is 5.85 Å². The molecule has 3 heterocycles. The third-order valence-electron chi connectivity index (χ3n) is 6.45. The Morgan fingerprint density at radius 2 is 1.86 bits per heavy atom. The van der Waals surface area contributed by atoms with E-state index < -0.39 is 36.4 Å². The van der Waals surface area contributed by atoms with E-state index in [0.29, 0.717) is 17.6 Å². The summed E-state index contributed by atoms with van der Waals surface area (Å²) in [6.45, 7) is 2.99. The summed E-state index contributed by atoms with van der Waals surface area (Å²) in [5, 5.41) is 21.5. The van der Waals surface area contributed by atoms with Gasteiger partial charge in [-0.25, -0.2) is 19.3 Å². The average molecular weight is 491 g/mol. The van der Waals surface area contributed by atoms with Crippen LogP contribution in [0.25, 0.3) is 11.2 Å². The van der Waals surface area contributed by atoms with E-state index in [1.807, 2.05) is 5.92 Å². The van der Waals surface area contributed by atoms with E-state index in [1.165, 1.54) is 49.3 Å². The highest BCUT2D eigenvalue weighted by Crippen LogP contribution is 2.46. The number of aromatic nitrogens is 4. The standard InChI is InChI=1S/C25H35FN4O5/c1-4-6-7-8-9-10-11-12-13-14-19(31)34-15-25(26)22(32)24(33,5-2)23(35-25)30-17-29-20-18(3)27-16-28-21(20)30/h2,16-17,22-23,32-33H,4,6-15H2,1,3H3/t22-,23+,24+,25+/m0/s1. The minimum Gasteiger partial charge on any atom is -0.459 e. The van der Waals surface area contributed by atoms with Crippen molar-refractivity contribution >= 4 is 17.1 Å². The highest BCUT2D eigenvalue weighted by molar-refractivity contribution is 5.73. The Morgan fingerprint density at radius 3 is 2.51 bits per heavy atom. The van der Waals surface area contributed by atoms with Gasteiger partial charge in [-0.15, -0.1) is 6.42 Å². The average Bonchev–Trinajstić information content (AvgIpc) is 3.36. The number of esters is 1. The molecule has 9 nitrogen and oxygen atoms in total. The Bertz CT molecular complexity index is 1040. The van der Waals surface area contributed by atoms with Crippen molar-refractivity contribution in [2.75, 3.05) is 6.61 Å². The summed E-state index contributed by atoms with van der Waals surface area (Å²) >= 11 is 0. The zero-order valence-corrected chi connectivity index (χ0v) is 20.5. The molecule has 0 unspecified atom stereocenters. The number of aryl methyl sites for hydroxylation is 1. The maximum atomic E-state index is 15.6. The lowest BCUT2D eigenvalue weighted by Gasteiger charge is -2.26. The lowest BCUT2D eigenvalue weighted by Crippen LogP contribution is -2.50. The molecule has 1 saturated heterocycles. The molecule has 0 spiro atoms. The predicted molar refractivity (Wildman–Crippen MR) is 127 cm³/mol. The van der Waals surface area contributed by atoms with Crippen LogP contribution in [0, 0.1) is 19.3 Å². The van der Waals surface area contributed by atoms with Gasteiger partial charge in [-0.2, -0.15) is 0 Å². The van der Waals surface area contributed by atoms with Gasteiger partial charge in [-0.1, -0.05) is 64.2 Å². The zero-order valence-electron chi connectivity index (χ0n) is 20.5. The van der Waals surface area contributed by atoms with Crippen LogP contribution in [0.1, 0.15) is 83.1 Å². The van der Waals surface area contributed by atoms with Crippen LogP contribution >= 0.6 is 0 Å². The van der Waals surface area contributed by atoms with Crippen molar-refractivity contribution in [3.05, 3.63) is 18.3 Å². The van der Waals surface area contributed by atoms with E-state index >= 15 is 4.39 Å². The van der Waals surface area contributed by atoms with Crippen molar-refractivity contribution in [3.8, 4) is 12.3 Å². The van der Waals surface area contributed by atoms with Gasteiger partial charge in [0.05, 0.1) is 12.0 Å². The van der Waals surface area contributed by atoms with E-state index in [9.17, 15) is 15.0 Å². The molecule has 192 valence electrons. The van der Waals surface area contributed by atoms with Crippen LogP contribution in [-0.2, 0) is 14.3 Å². The number of carbonyl (C=O) groups excluding carboxylic acids is 1. The van der Waals surface area contributed by atoms with Gasteiger partial charge >= 0.3 is 5.97 Å². The Labute approximate surface area is 205 Å². The second kappa shape index (κ2) is 11.9. The lowest BCUT2D eigenvalue weighted by molar-refractivity contribution is -0.216. The number of unbranched alkanes of at least 4 members (excludes halogenated alkanes) is 8. The number of hydrogen-bond acceptors (Lipinski definition) is 8. The molecule has 2 aromatic heterocycles. The Balaban J connectivity index is 1.54. The summed E-state index contributed by atoms with van der Waals surface area (Å²) < 4.78 is 27.3. The topological polar surface area (TPSA) is 120 Å². The second-order valence-corrected chi connectivity index (χ2v) is 9.15. The number of ether oxygens (including phenoxy) is 2. The Kier molecular flexibility index (Phi) is 9.16. The first-order valence-corrected chi connectivity index (χ1v) is 12.3. The summed E-state index contributed by atoms with van der Waals surface area (Å²) in [7, 11) is 0. The molecule has 2 N–H and O–H groups in total. The quantitative estimate of drug-likeness (QED) is 0.249. The molecule has 0 saturated carbocycles. The highest BCUT2D eigenvalue weighted by atomic mass is 19.2. The number of fused-ring (bicyclic) bond motifs is 1. The smallest absolute Gasteiger partial charge is 0.305 e. The fourth-order valence-corrected chi connectivity index (χ4v) is 4.31. The molecule has 0 aromatic carbocycles. The maximum Gasteiger partial charge on any atom is 0.305 e. The fourth-order valence-electron chi connectivity index (χ4n) is 4.31. The molecule has 1 aliphatic rings. The summed E-state index contributed by atoms with van der Waals surface area (Å²) in [6.07, 6.45) is 14.3. The minimum atomic E-state index is -2.92. The number of rotatable bonds is 13. The molecular weight excluding hydrogens is 455 g/mol. The van der Waals surface area contributed by atoms with Gasteiger partial charge in [0.15, 0.2) is 24.6 Å². The first-order valence-electron chi connectivity index (χ1n) is 12.3. The van der Waals surface area contributed by atoms with Crippen molar-refractivity contribution in [1.29, 1.82) is 0 Å². The van der Waals surface area contributed by atoms with Crippen LogP contribution in [0.2, 0.25) is 0 Å². The third-order valence-corrected chi connectivity index (χ3v) is 6.45. The number of terminal acetylenes is 1. The van der Waals surface area contributed by atoms with E-state index in [1.54, 1.807) is 6.92 Å². The molecule has 35 heavy (non-hydrogen) atoms. The Morgan fingerprint density at radius 1 is 1.20 bits per heavy atom. The molecule has 0 aliphatic carbocycles. The van der Waals surface area contributed by atoms with Gasteiger partial charge in [0.2, 0.25) is 5.60 Å². The van der Waals surface area contributed by atoms with E-state index in [-0.39, 0.29) is 12.1 Å². The zero-order chi connectivity index (χ0) is 25.5. The van der Waals surface area contributed by atoms with Gasteiger partial charge in [-0.05, 0) is 13.3 Å². The molecule has 4 atom stereocenters. The summed E-state index contributed by atoms with van der Waals surface area (Å²) in [5.41, 5.74) is -1.23. The van der Waals surface area contributed by atoms with Crippen molar-refractivity contribution < 1.29 is 28.9 Å². The van der Waals surface area contributed by atoms with Crippen molar-refractivity contribution in [2.24, 2.45) is 0 Å². The number of nitrogens with zero attached hydrogens (tertiary/aromatic N) is 4. The number of aliphatic hydroxyl groups is 2. The van der Waals surface area contributed by atoms with Crippen molar-refractivity contribution in [3.63, 3.8) is 0 Å². The van der Waals surface area contributed by atoms with Crippen molar-refractivity contribution in [2.45, 2.75) is 102 Å². The van der Waals surface area contributed by atoms with Crippen molar-refractivity contribution in [1.82, 2.24) is 19.5 Å². The molecular formula is C25H35FN4O5. The molecule has 3 rings (SSSR count). The third kappa shape index (κ3) is 5.97. The van der Waals surface area contributed by atoms with E-state index in [0.717, 1.165) is 19.3 Å². The number of aliphatic hydroxyl groups excluding tert-OH is 1. The number of hydrogen-bond donors (Lipinski definition) is 2. The summed E-state index contributed by atoms with van der Waals surface area (Å²) in [4.78, 5) is 24.5. The maximum absolute atomic E-state index is 15.6. The predicted octanol–water partition coefficient (Wildman–Crippen LogP) is 3.52. The fraction of sp³-hybridized carbons (Fsp3) is 0.680. The number of imidazole rings is 1. The van der Waals surface area contributed by atoms with Gasteiger partial charge in [0.1, 0.15) is 11.8 Å². The van der Waals surface area contributed by atoms with Crippen LogP contribution in [0.15, 0.2) is 12.7 Å². The SMILES string of the molecule is C#C[C@]1(O)[C@H](n2cnc3c(C)ncnc32)O[C@](F)(COC(=O)CCCCCCCCCCC)[C@H]1O. The van der Waals surface area contributed by atoms with E-state index in [4.69, 9.17) is 15.9 Å². The Hall–Kier alpha value is -2.61. The van der Waals surface area contributed by atoms with Crippen LogP contribution in [-0.4, -0.2) is 59.9 Å². The molecule has 0 bridgehead atoms. The molecule has 10 heteroatoms. The highest BCUT2D eigenvalue weighted by Gasteiger charge is 2.65. The van der Waals surface area contributed by atoms with Gasteiger partial charge in [0, 0.05) is 6.42 Å². The minimum absolute atomic E-state index is 0.132. The molecule has 1 aliphatic heterocycles. The van der Waals surface area contributed by atoms with Crippen LogP contribution in [0.5, 0.6) is 0 Å².